The number of methoxy groups -OCH3 is 1. The first-order valence-corrected chi connectivity index (χ1v) is 9.98. The number of nitro groups is 1. The zero-order chi connectivity index (χ0) is 19.8. The zero-order valence-corrected chi connectivity index (χ0v) is 16.7. The molecule has 0 spiro atoms. The molecule has 1 saturated heterocycles. The van der Waals surface area contributed by atoms with Gasteiger partial charge in [0.1, 0.15) is 15.5 Å². The van der Waals surface area contributed by atoms with E-state index in [0.29, 0.717) is 21.4 Å². The number of alkyl carbamates (subject to hydrolysis) is 1. The van der Waals surface area contributed by atoms with E-state index in [4.69, 9.17) is 21.7 Å². The van der Waals surface area contributed by atoms with Crippen LogP contribution in [0.15, 0.2) is 24.3 Å². The van der Waals surface area contributed by atoms with Crippen LogP contribution in [0.2, 0.25) is 0 Å². The largest absolute Gasteiger partial charge is 0.445 e. The molecule has 0 bridgehead atoms. The first-order chi connectivity index (χ1) is 12.9. The Hall–Kier alpha value is -1.89. The van der Waals surface area contributed by atoms with Crippen LogP contribution in [0.4, 0.5) is 10.5 Å². The van der Waals surface area contributed by atoms with E-state index in [0.717, 1.165) is 0 Å². The molecular weight excluding hydrogens is 414 g/mol. The molecule has 1 aromatic rings. The maximum atomic E-state index is 11.6. The van der Waals surface area contributed by atoms with E-state index < -0.39 is 17.1 Å². The number of benzene rings is 1. The lowest BCUT2D eigenvalue weighted by Crippen LogP contribution is -2.61. The third-order valence-electron chi connectivity index (χ3n) is 3.40. The van der Waals surface area contributed by atoms with Gasteiger partial charge in [-0.05, 0) is 17.7 Å². The molecule has 1 aliphatic heterocycles. The highest BCUT2D eigenvalue weighted by Gasteiger charge is 2.40. The van der Waals surface area contributed by atoms with Crippen LogP contribution in [-0.2, 0) is 20.9 Å². The average Bonchev–Trinajstić information content (AvgIpc) is 2.63. The summed E-state index contributed by atoms with van der Waals surface area (Å²) >= 11 is 7.94. The molecule has 27 heavy (non-hydrogen) atoms. The minimum Gasteiger partial charge on any atom is -0.445 e. The Balaban J connectivity index is 1.57. The molecule has 9 nitrogen and oxygen atoms in total. The summed E-state index contributed by atoms with van der Waals surface area (Å²) < 4.78 is 10.7. The molecule has 2 N–H and O–H groups in total. The van der Waals surface area contributed by atoms with Crippen molar-refractivity contribution < 1.29 is 24.0 Å². The van der Waals surface area contributed by atoms with E-state index in [1.165, 1.54) is 54.9 Å². The van der Waals surface area contributed by atoms with Crippen molar-refractivity contribution in [3.63, 3.8) is 0 Å². The van der Waals surface area contributed by atoms with Crippen LogP contribution in [0.1, 0.15) is 5.56 Å². The predicted octanol–water partition coefficient (Wildman–Crippen LogP) is 2.04. The third kappa shape index (κ3) is 6.65. The van der Waals surface area contributed by atoms with Gasteiger partial charge in [0.25, 0.3) is 11.6 Å². The van der Waals surface area contributed by atoms with Crippen molar-refractivity contribution in [3.8, 4) is 0 Å². The lowest BCUT2D eigenvalue weighted by molar-refractivity contribution is -0.384. The fourth-order valence-electron chi connectivity index (χ4n) is 2.00. The Morgan fingerprint density at radius 3 is 2.70 bits per heavy atom. The number of carbonyl (C=O) groups excluding carboxylic acids is 2. The molecule has 0 aliphatic carbocycles. The Bertz CT molecular complexity index is 715. The molecule has 12 heteroatoms. The molecule has 146 valence electrons. The van der Waals surface area contributed by atoms with Gasteiger partial charge in [-0.1, -0.05) is 24.0 Å². The number of carbonyl (C=O) groups is 2. The van der Waals surface area contributed by atoms with Crippen molar-refractivity contribution in [2.45, 2.75) is 18.1 Å². The zero-order valence-electron chi connectivity index (χ0n) is 14.2. The van der Waals surface area contributed by atoms with Crippen molar-refractivity contribution in [2.75, 3.05) is 19.4 Å². The van der Waals surface area contributed by atoms with Crippen LogP contribution in [0.5, 0.6) is 0 Å². The number of rotatable bonds is 8. The quantitative estimate of drug-likeness (QED) is 0.209. The fraction of sp³-hybridized carbons (Fsp3) is 0.400. The SMILES string of the molecule is CO[C@H]1C(=O)N[C@@H]1SC(=S)SCCNC(=O)OCc1ccc([N+](=O)[O-])cc1. The number of ether oxygens (including phenoxy) is 2. The molecule has 2 amide bonds. The van der Waals surface area contributed by atoms with Crippen molar-refractivity contribution in [1.82, 2.24) is 10.6 Å². The van der Waals surface area contributed by atoms with Crippen LogP contribution in [0.25, 0.3) is 0 Å². The smallest absolute Gasteiger partial charge is 0.407 e. The van der Waals surface area contributed by atoms with Crippen molar-refractivity contribution in [3.05, 3.63) is 39.9 Å². The number of non-ortho nitro benzene ring substituents is 1. The maximum absolute atomic E-state index is 11.6. The van der Waals surface area contributed by atoms with Crippen LogP contribution in [0, 0.1) is 10.1 Å². The summed E-state index contributed by atoms with van der Waals surface area (Å²) in [5, 5.41) is 15.7. The van der Waals surface area contributed by atoms with E-state index in [1.54, 1.807) is 0 Å². The van der Waals surface area contributed by atoms with Gasteiger partial charge < -0.3 is 20.1 Å². The van der Waals surface area contributed by atoms with E-state index >= 15 is 0 Å². The van der Waals surface area contributed by atoms with Crippen LogP contribution in [0.3, 0.4) is 0 Å². The summed E-state index contributed by atoms with van der Waals surface area (Å²) in [6.07, 6.45) is -1.07. The van der Waals surface area contributed by atoms with Crippen molar-refractivity contribution in [1.29, 1.82) is 0 Å². The van der Waals surface area contributed by atoms with Gasteiger partial charge in [0, 0.05) is 31.5 Å². The topological polar surface area (TPSA) is 120 Å². The summed E-state index contributed by atoms with van der Waals surface area (Å²) in [4.78, 5) is 32.9. The minimum absolute atomic E-state index is 0.0189. The van der Waals surface area contributed by atoms with Gasteiger partial charge in [0.15, 0.2) is 6.10 Å². The normalized spacial score (nSPS) is 18.2. The van der Waals surface area contributed by atoms with E-state index in [1.807, 2.05) is 0 Å². The highest BCUT2D eigenvalue weighted by Crippen LogP contribution is 2.28. The Labute approximate surface area is 169 Å². The van der Waals surface area contributed by atoms with Crippen molar-refractivity contribution >= 4 is 57.0 Å². The van der Waals surface area contributed by atoms with Crippen LogP contribution in [-0.4, -0.2) is 51.3 Å². The Morgan fingerprint density at radius 1 is 1.41 bits per heavy atom. The summed E-state index contributed by atoms with van der Waals surface area (Å²) in [6.45, 7) is 0.375. The third-order valence-corrected chi connectivity index (χ3v) is 6.14. The highest BCUT2D eigenvalue weighted by atomic mass is 32.2. The number of nitro benzene ring substituents is 1. The summed E-state index contributed by atoms with van der Waals surface area (Å²) in [7, 11) is 1.47. The second-order valence-electron chi connectivity index (χ2n) is 5.23. The number of thiocarbonyl (C=S) groups is 1. The van der Waals surface area contributed by atoms with E-state index in [-0.39, 0.29) is 23.6 Å². The summed E-state index contributed by atoms with van der Waals surface area (Å²) in [5.41, 5.74) is 0.630. The number of hydrogen-bond acceptors (Lipinski definition) is 9. The predicted molar refractivity (Wildman–Crippen MR) is 107 cm³/mol. The van der Waals surface area contributed by atoms with Gasteiger partial charge in [-0.2, -0.15) is 0 Å². The molecule has 0 unspecified atom stereocenters. The van der Waals surface area contributed by atoms with Crippen molar-refractivity contribution in [2.24, 2.45) is 0 Å². The van der Waals surface area contributed by atoms with Gasteiger partial charge in [0.2, 0.25) is 0 Å². The number of hydrogen-bond donors (Lipinski definition) is 2. The lowest BCUT2D eigenvalue weighted by atomic mass is 10.2. The average molecular weight is 432 g/mol. The summed E-state index contributed by atoms with van der Waals surface area (Å²) in [5.74, 6) is 0.400. The molecule has 1 aromatic carbocycles. The molecule has 0 saturated carbocycles. The molecule has 0 aromatic heterocycles. The number of nitrogens with zero attached hydrogens (tertiary/aromatic N) is 1. The highest BCUT2D eigenvalue weighted by molar-refractivity contribution is 8.47. The van der Waals surface area contributed by atoms with Crippen LogP contribution < -0.4 is 10.6 Å². The van der Waals surface area contributed by atoms with E-state index in [2.05, 4.69) is 10.6 Å². The first kappa shape index (κ1) is 21.4. The number of nitrogens with one attached hydrogen (secondary N) is 2. The van der Waals surface area contributed by atoms with Gasteiger partial charge in [-0.3, -0.25) is 14.9 Å². The van der Waals surface area contributed by atoms with Crippen LogP contribution >= 0.6 is 35.7 Å². The van der Waals surface area contributed by atoms with Gasteiger partial charge >= 0.3 is 6.09 Å². The molecule has 2 rings (SSSR count). The standard InChI is InChI=1S/C15H17N3O6S3/c1-23-11-12(19)17-13(11)27-15(25)26-7-6-16-14(20)24-8-9-2-4-10(5-3-9)18(21)22/h2-5,11,13H,6-8H2,1H3,(H,16,20)(H,17,19)/t11-,13+/m0/s1. The summed E-state index contributed by atoms with van der Waals surface area (Å²) in [6, 6.07) is 5.77. The number of β-lactam (4-membered cyclic amide) rings is 1. The Morgan fingerprint density at radius 2 is 2.11 bits per heavy atom. The number of thioether (sulfide) groups is 2. The Kier molecular flexibility index (Phi) is 8.28. The lowest BCUT2D eigenvalue weighted by Gasteiger charge is -2.34. The molecule has 1 heterocycles. The first-order valence-electron chi connectivity index (χ1n) is 7.71. The molecule has 1 fully saturated rings. The molecule has 0 radical (unpaired) electrons. The molecular formula is C15H17N3O6S3. The maximum Gasteiger partial charge on any atom is 0.407 e. The second kappa shape index (κ2) is 10.4. The van der Waals surface area contributed by atoms with Gasteiger partial charge in [-0.15, -0.1) is 11.8 Å². The molecule has 2 atom stereocenters. The second-order valence-corrected chi connectivity index (χ2v) is 8.67. The monoisotopic (exact) mass is 431 g/mol. The minimum atomic E-state index is -0.585. The van der Waals surface area contributed by atoms with Gasteiger partial charge in [0.05, 0.1) is 4.92 Å². The van der Waals surface area contributed by atoms with E-state index in [9.17, 15) is 19.7 Å². The van der Waals surface area contributed by atoms with Gasteiger partial charge in [-0.25, -0.2) is 4.79 Å². The molecule has 1 aliphatic rings. The number of amides is 2. The fourth-order valence-corrected chi connectivity index (χ4v) is 4.51.